The van der Waals surface area contributed by atoms with Crippen LogP contribution in [0, 0.1) is 18.7 Å². The number of aryl methyl sites for hydroxylation is 2. The van der Waals surface area contributed by atoms with E-state index in [9.17, 15) is 18.8 Å². The van der Waals surface area contributed by atoms with Gasteiger partial charge < -0.3 is 19.8 Å². The fourth-order valence-corrected chi connectivity index (χ4v) is 3.84. The third-order valence-corrected chi connectivity index (χ3v) is 5.37. The zero-order valence-electron chi connectivity index (χ0n) is 17.1. The van der Waals surface area contributed by atoms with Gasteiger partial charge in [-0.2, -0.15) is 0 Å². The zero-order chi connectivity index (χ0) is 22.7. The van der Waals surface area contributed by atoms with Crippen LogP contribution in [0.4, 0.5) is 4.39 Å². The number of carboxylic acids is 2. The summed E-state index contributed by atoms with van der Waals surface area (Å²) in [7, 11) is 1.91. The predicted molar refractivity (Wildman–Crippen MR) is 110 cm³/mol. The number of aromatic nitrogens is 3. The number of halogens is 1. The third kappa shape index (κ3) is 4.71. The first-order chi connectivity index (χ1) is 14.7. The molecule has 1 atom stereocenters. The molecule has 0 saturated heterocycles. The number of fused-ring (bicyclic) bond motifs is 3. The minimum Gasteiger partial charge on any atom is -0.478 e. The van der Waals surface area contributed by atoms with Crippen molar-refractivity contribution in [3.8, 4) is 0 Å². The quantitative estimate of drug-likeness (QED) is 0.550. The number of nitrogens with one attached hydrogen (secondary N) is 1. The van der Waals surface area contributed by atoms with E-state index in [0.29, 0.717) is 18.6 Å². The molecule has 1 aliphatic carbocycles. The molecule has 0 aliphatic heterocycles. The molecule has 4 rings (SSSR count). The van der Waals surface area contributed by atoms with Gasteiger partial charge in [0.2, 0.25) is 0 Å². The topological polar surface area (TPSA) is 125 Å². The summed E-state index contributed by atoms with van der Waals surface area (Å²) < 4.78 is 15.5. The van der Waals surface area contributed by atoms with Crippen molar-refractivity contribution in [3.63, 3.8) is 0 Å². The highest BCUT2D eigenvalue weighted by molar-refractivity contribution is 6.11. The molecule has 8 nitrogen and oxygen atoms in total. The summed E-state index contributed by atoms with van der Waals surface area (Å²) in [6.07, 6.45) is 5.09. The number of rotatable bonds is 4. The highest BCUT2D eigenvalue weighted by Crippen LogP contribution is 2.35. The smallest absolute Gasteiger partial charge is 0.328 e. The van der Waals surface area contributed by atoms with Gasteiger partial charge in [0.25, 0.3) is 0 Å². The number of carbonyl (C=O) groups is 3. The number of nitrogens with zero attached hydrogens (tertiary/aromatic N) is 2. The summed E-state index contributed by atoms with van der Waals surface area (Å²) in [6, 6.07) is 4.66. The van der Waals surface area contributed by atoms with E-state index in [1.807, 2.05) is 18.5 Å². The lowest BCUT2D eigenvalue weighted by Crippen LogP contribution is -2.25. The number of hydrogen-bond donors (Lipinski definition) is 3. The van der Waals surface area contributed by atoms with Crippen LogP contribution in [0.5, 0.6) is 0 Å². The van der Waals surface area contributed by atoms with Crippen LogP contribution in [0.25, 0.3) is 10.9 Å². The fourth-order valence-electron chi connectivity index (χ4n) is 3.84. The molecule has 0 spiro atoms. The Morgan fingerprint density at radius 3 is 2.55 bits per heavy atom. The second-order valence-electron chi connectivity index (χ2n) is 7.33. The SMILES string of the molecule is Cc1[nH]cnc1CC1CCc2c(c3ccc(F)cc3n2C)C1=O.O=C(O)/C=C\C(=O)O. The lowest BCUT2D eigenvalue weighted by Gasteiger charge is -2.21. The molecule has 0 fully saturated rings. The molecule has 3 N–H and O–H groups in total. The van der Waals surface area contributed by atoms with Gasteiger partial charge in [0.15, 0.2) is 5.78 Å². The summed E-state index contributed by atoms with van der Waals surface area (Å²) in [5, 5.41) is 16.5. The fraction of sp³-hybridized carbons (Fsp3) is 0.273. The van der Waals surface area contributed by atoms with E-state index in [-0.39, 0.29) is 17.5 Å². The number of aromatic amines is 1. The lowest BCUT2D eigenvalue weighted by molar-refractivity contribution is -0.134. The van der Waals surface area contributed by atoms with Gasteiger partial charge in [-0.1, -0.05) is 0 Å². The van der Waals surface area contributed by atoms with Crippen molar-refractivity contribution in [3.05, 3.63) is 65.1 Å². The van der Waals surface area contributed by atoms with Crippen molar-refractivity contribution >= 4 is 28.6 Å². The molecule has 0 bridgehead atoms. The van der Waals surface area contributed by atoms with E-state index in [1.165, 1.54) is 12.1 Å². The second kappa shape index (κ2) is 8.95. The molecule has 0 radical (unpaired) electrons. The first-order valence-corrected chi connectivity index (χ1v) is 9.62. The Morgan fingerprint density at radius 2 is 1.97 bits per heavy atom. The van der Waals surface area contributed by atoms with Gasteiger partial charge in [-0.25, -0.2) is 19.0 Å². The minimum atomic E-state index is -1.26. The maximum absolute atomic E-state index is 13.5. The average Bonchev–Trinajstić information content (AvgIpc) is 3.24. The molecular formula is C22H22FN3O5. The highest BCUT2D eigenvalue weighted by Gasteiger charge is 2.32. The normalized spacial score (nSPS) is 15.6. The molecule has 9 heteroatoms. The standard InChI is InChI=1S/C18H18FN3O.C4H4O4/c1-10-14(21-9-20-10)7-11-3-6-15-17(18(11)23)13-5-4-12(19)8-16(13)22(15)2;5-3(6)1-2-4(7)8/h4-5,8-9,11H,3,6-7H2,1-2H3,(H,20,21);1-2H,(H,5,6)(H,7,8)/b;2-1-. The van der Waals surface area contributed by atoms with E-state index in [4.69, 9.17) is 10.2 Å². The molecule has 31 heavy (non-hydrogen) atoms. The van der Waals surface area contributed by atoms with E-state index < -0.39 is 11.9 Å². The number of benzene rings is 1. The van der Waals surface area contributed by atoms with Crippen LogP contribution in [-0.4, -0.2) is 42.5 Å². The van der Waals surface area contributed by atoms with Gasteiger partial charge in [0, 0.05) is 53.9 Å². The monoisotopic (exact) mass is 427 g/mol. The van der Waals surface area contributed by atoms with Crippen molar-refractivity contribution in [1.82, 2.24) is 14.5 Å². The number of aliphatic carboxylic acids is 2. The molecule has 3 aromatic rings. The molecule has 2 aromatic heterocycles. The summed E-state index contributed by atoms with van der Waals surface area (Å²) >= 11 is 0. The average molecular weight is 427 g/mol. The Labute approximate surface area is 177 Å². The van der Waals surface area contributed by atoms with Crippen molar-refractivity contribution in [2.75, 3.05) is 0 Å². The van der Waals surface area contributed by atoms with Crippen molar-refractivity contribution in [1.29, 1.82) is 0 Å². The molecule has 1 aliphatic rings. The molecule has 0 saturated carbocycles. The number of carbonyl (C=O) groups excluding carboxylic acids is 1. The van der Waals surface area contributed by atoms with Crippen LogP contribution in [0.3, 0.4) is 0 Å². The Balaban J connectivity index is 0.000000293. The van der Waals surface area contributed by atoms with Gasteiger partial charge >= 0.3 is 11.9 Å². The first kappa shape index (κ1) is 21.9. The van der Waals surface area contributed by atoms with Crippen LogP contribution in [0.1, 0.15) is 33.9 Å². The number of H-pyrrole nitrogens is 1. The van der Waals surface area contributed by atoms with Crippen LogP contribution in [0.15, 0.2) is 36.7 Å². The summed E-state index contributed by atoms with van der Waals surface area (Å²) in [5.74, 6) is -2.68. The number of Topliss-reactive ketones (excluding diaryl/α,β-unsaturated/α-hetero) is 1. The number of imidazole rings is 1. The molecule has 162 valence electrons. The molecule has 2 heterocycles. The summed E-state index contributed by atoms with van der Waals surface area (Å²) in [6.45, 7) is 1.97. The Morgan fingerprint density at radius 1 is 1.29 bits per heavy atom. The number of ketones is 1. The largest absolute Gasteiger partial charge is 0.478 e. The third-order valence-electron chi connectivity index (χ3n) is 5.37. The maximum Gasteiger partial charge on any atom is 0.328 e. The number of carboxylic acid groups (broad SMARTS) is 2. The Bertz CT molecular complexity index is 1180. The Kier molecular flexibility index (Phi) is 6.33. The predicted octanol–water partition coefficient (Wildman–Crippen LogP) is 3.05. The molecule has 1 aromatic carbocycles. The van der Waals surface area contributed by atoms with E-state index in [2.05, 4.69) is 9.97 Å². The van der Waals surface area contributed by atoms with Crippen LogP contribution in [-0.2, 0) is 29.5 Å². The maximum atomic E-state index is 13.5. The van der Waals surface area contributed by atoms with Crippen molar-refractivity contribution < 1.29 is 29.0 Å². The van der Waals surface area contributed by atoms with Gasteiger partial charge in [-0.15, -0.1) is 0 Å². The van der Waals surface area contributed by atoms with Crippen LogP contribution in [0.2, 0.25) is 0 Å². The van der Waals surface area contributed by atoms with E-state index in [1.54, 1.807) is 12.4 Å². The number of hydrogen-bond acceptors (Lipinski definition) is 4. The summed E-state index contributed by atoms with van der Waals surface area (Å²) in [5.41, 5.74) is 4.55. The highest BCUT2D eigenvalue weighted by atomic mass is 19.1. The van der Waals surface area contributed by atoms with Crippen molar-refractivity contribution in [2.24, 2.45) is 13.0 Å². The molecule has 0 amide bonds. The lowest BCUT2D eigenvalue weighted by atomic mass is 9.82. The van der Waals surface area contributed by atoms with Gasteiger partial charge in [-0.05, 0) is 38.0 Å². The second-order valence-corrected chi connectivity index (χ2v) is 7.33. The van der Waals surface area contributed by atoms with Crippen LogP contribution < -0.4 is 0 Å². The van der Waals surface area contributed by atoms with E-state index in [0.717, 1.165) is 46.4 Å². The van der Waals surface area contributed by atoms with Crippen molar-refractivity contribution in [2.45, 2.75) is 26.2 Å². The van der Waals surface area contributed by atoms with Gasteiger partial charge in [0.1, 0.15) is 5.82 Å². The van der Waals surface area contributed by atoms with E-state index >= 15 is 0 Å². The van der Waals surface area contributed by atoms with Gasteiger partial charge in [-0.3, -0.25) is 4.79 Å². The summed E-state index contributed by atoms with van der Waals surface area (Å²) in [4.78, 5) is 39.5. The zero-order valence-corrected chi connectivity index (χ0v) is 17.1. The Hall–Kier alpha value is -3.75. The molecular weight excluding hydrogens is 405 g/mol. The first-order valence-electron chi connectivity index (χ1n) is 9.62. The van der Waals surface area contributed by atoms with Gasteiger partial charge in [0.05, 0.1) is 17.5 Å². The van der Waals surface area contributed by atoms with Crippen LogP contribution >= 0.6 is 0 Å². The minimum absolute atomic E-state index is 0.0554. The molecule has 1 unspecified atom stereocenters.